The van der Waals surface area contributed by atoms with E-state index in [1.165, 1.54) is 0 Å². The van der Waals surface area contributed by atoms with Crippen LogP contribution in [0.5, 0.6) is 23.0 Å². The molecule has 3 heterocycles. The van der Waals surface area contributed by atoms with Crippen molar-refractivity contribution < 1.29 is 39.5 Å². The number of phenols is 2. The molecule has 0 aromatic heterocycles. The van der Waals surface area contributed by atoms with Crippen LogP contribution in [0.3, 0.4) is 0 Å². The standard InChI is InChI=1S/C20H25NO4.C19H21NO4/c1-4-10-21(3)15-11-12-6-7-13(22)17-16(12)19(5-2)18(25-17)14(23)8-9-20(15,19)24;1-2-8-20-9-7-18-15-11-3-4-12(21)16(15)24-17(18)13(22)5-6-19(18,23)14(20)10-11/h4,6-7,15,18,22,24H,1,5,8-11H2,2-3H3;2-4,14,17,21,23H,1,5-10H2/t15-,18+,19+,20-;14-,17+,18+,19-/m01/s1. The Kier molecular flexibility index (Phi) is 7.23. The molecule has 7 aliphatic rings. The first-order valence-electron chi connectivity index (χ1n) is 17.6. The first kappa shape index (κ1) is 32.5. The van der Waals surface area contributed by atoms with Gasteiger partial charge in [0.05, 0.1) is 22.0 Å². The Morgan fingerprint density at radius 1 is 0.878 bits per heavy atom. The summed E-state index contributed by atoms with van der Waals surface area (Å²) < 4.78 is 12.0. The predicted molar refractivity (Wildman–Crippen MR) is 181 cm³/mol. The van der Waals surface area contributed by atoms with E-state index < -0.39 is 34.2 Å². The number of rotatable bonds is 6. The molecule has 10 heteroatoms. The zero-order chi connectivity index (χ0) is 34.7. The largest absolute Gasteiger partial charge is 0.504 e. The van der Waals surface area contributed by atoms with Crippen LogP contribution in [0.4, 0.5) is 0 Å². The van der Waals surface area contributed by atoms with Gasteiger partial charge in [0.1, 0.15) is 0 Å². The van der Waals surface area contributed by atoms with Crippen LogP contribution in [0.15, 0.2) is 49.6 Å². The lowest BCUT2D eigenvalue weighted by Crippen LogP contribution is -2.76. The summed E-state index contributed by atoms with van der Waals surface area (Å²) in [6, 6.07) is 6.92. The average molecular weight is 671 g/mol. The number of carbonyl (C=O) groups is 2. The van der Waals surface area contributed by atoms with Gasteiger partial charge in [0, 0.05) is 55.7 Å². The Morgan fingerprint density at radius 2 is 1.49 bits per heavy atom. The number of nitrogens with zero attached hydrogens (tertiary/aromatic N) is 2. The molecule has 49 heavy (non-hydrogen) atoms. The van der Waals surface area contributed by atoms with Crippen LogP contribution in [0.1, 0.15) is 67.7 Å². The molecule has 0 unspecified atom stereocenters. The Bertz CT molecular complexity index is 1790. The summed E-state index contributed by atoms with van der Waals surface area (Å²) in [6.07, 6.45) is 6.41. The van der Waals surface area contributed by atoms with E-state index in [-0.39, 0.29) is 35.1 Å². The number of aliphatic hydroxyl groups is 2. The lowest BCUT2D eigenvalue weighted by atomic mass is 9.49. The summed E-state index contributed by atoms with van der Waals surface area (Å²) in [6.45, 7) is 11.8. The van der Waals surface area contributed by atoms with Crippen LogP contribution in [0.25, 0.3) is 0 Å². The topological polar surface area (TPSA) is 140 Å². The highest BCUT2D eigenvalue weighted by atomic mass is 16.5. The van der Waals surface area contributed by atoms with E-state index >= 15 is 0 Å². The van der Waals surface area contributed by atoms with Crippen LogP contribution in [0.2, 0.25) is 0 Å². The molecule has 2 aromatic rings. The molecule has 1 spiro atoms. The Labute approximate surface area is 286 Å². The number of ether oxygens (including phenoxy) is 2. The molecule has 4 aliphatic carbocycles. The second-order valence-corrected chi connectivity index (χ2v) is 15.2. The van der Waals surface area contributed by atoms with E-state index in [2.05, 4.69) is 23.0 Å². The van der Waals surface area contributed by atoms with Gasteiger partial charge >= 0.3 is 0 Å². The van der Waals surface area contributed by atoms with Crippen molar-refractivity contribution in [1.82, 2.24) is 9.80 Å². The normalized spacial score (nSPS) is 37.3. The van der Waals surface area contributed by atoms with Crippen LogP contribution in [-0.4, -0.2) is 104 Å². The van der Waals surface area contributed by atoms with Gasteiger partial charge in [-0.1, -0.05) is 31.2 Å². The van der Waals surface area contributed by atoms with E-state index in [0.717, 1.165) is 35.3 Å². The third-order valence-electron chi connectivity index (χ3n) is 13.4. The van der Waals surface area contributed by atoms with Gasteiger partial charge in [-0.05, 0) is 68.8 Å². The van der Waals surface area contributed by atoms with E-state index in [9.17, 15) is 30.0 Å². The highest BCUT2D eigenvalue weighted by Gasteiger charge is 2.73. The molecular weight excluding hydrogens is 624 g/mol. The molecule has 10 nitrogen and oxygen atoms in total. The lowest BCUT2D eigenvalue weighted by Gasteiger charge is -2.62. The molecule has 2 aromatic carbocycles. The third kappa shape index (κ3) is 3.86. The zero-order valence-corrected chi connectivity index (χ0v) is 28.3. The molecule has 4 N–H and O–H groups in total. The van der Waals surface area contributed by atoms with Gasteiger partial charge in [0.25, 0.3) is 0 Å². The molecule has 8 atom stereocenters. The highest BCUT2D eigenvalue weighted by Crippen LogP contribution is 2.65. The number of likely N-dealkylation sites (tertiary alicyclic amines) is 1. The molecule has 1 saturated heterocycles. The quantitative estimate of drug-likeness (QED) is 0.339. The summed E-state index contributed by atoms with van der Waals surface area (Å²) in [5.41, 5.74) is 0.275. The van der Waals surface area contributed by atoms with Crippen molar-refractivity contribution in [3.05, 3.63) is 71.8 Å². The Morgan fingerprint density at radius 3 is 2.14 bits per heavy atom. The summed E-state index contributed by atoms with van der Waals surface area (Å²) >= 11 is 0. The number of carbonyl (C=O) groups excluding carboxylic acids is 2. The summed E-state index contributed by atoms with van der Waals surface area (Å²) in [5.74, 6) is 0.984. The molecule has 0 amide bonds. The van der Waals surface area contributed by atoms with Gasteiger partial charge in [-0.2, -0.15) is 0 Å². The molecule has 3 fully saturated rings. The third-order valence-corrected chi connectivity index (χ3v) is 13.4. The smallest absolute Gasteiger partial charge is 0.174 e. The number of benzene rings is 2. The van der Waals surface area contributed by atoms with Crippen LogP contribution in [0, 0.1) is 0 Å². The Balaban J connectivity index is 0.000000142. The predicted octanol–water partition coefficient (Wildman–Crippen LogP) is 3.24. The molecule has 0 radical (unpaired) electrons. The van der Waals surface area contributed by atoms with E-state index in [4.69, 9.17) is 9.47 Å². The molecule has 260 valence electrons. The number of ketones is 2. The molecule has 2 bridgehead atoms. The van der Waals surface area contributed by atoms with E-state index in [0.29, 0.717) is 69.4 Å². The van der Waals surface area contributed by atoms with Crippen molar-refractivity contribution in [2.75, 3.05) is 26.7 Å². The first-order chi connectivity index (χ1) is 23.4. The first-order valence-corrected chi connectivity index (χ1v) is 17.6. The second kappa shape index (κ2) is 10.9. The van der Waals surface area contributed by atoms with Crippen LogP contribution in [-0.2, 0) is 33.3 Å². The van der Waals surface area contributed by atoms with E-state index in [1.54, 1.807) is 12.1 Å². The van der Waals surface area contributed by atoms with Crippen molar-refractivity contribution in [2.45, 2.75) is 105 Å². The molecular formula is C39H46N2O8. The Hall–Kier alpha value is -3.70. The van der Waals surface area contributed by atoms with E-state index in [1.807, 2.05) is 38.3 Å². The number of piperidine rings is 1. The summed E-state index contributed by atoms with van der Waals surface area (Å²) in [4.78, 5) is 29.7. The van der Waals surface area contributed by atoms with Gasteiger partial charge in [-0.25, -0.2) is 0 Å². The SMILES string of the molecule is C=CCN(C)[C@H]1Cc2ccc(O)c3c2[C@]2(CC)[C@H](O3)C(=O)CC[C@]12O.C=CCN1CC[C@]23c4c5ccc(O)c4O[C@H]2C(=O)CC[C@@]3(O)[C@H]1C5. The number of phenolic OH excluding ortho intramolecular Hbond substituents is 2. The van der Waals surface area contributed by atoms with Crippen LogP contribution < -0.4 is 9.47 Å². The van der Waals surface area contributed by atoms with Crippen molar-refractivity contribution in [2.24, 2.45) is 0 Å². The fourth-order valence-corrected chi connectivity index (χ4v) is 11.4. The summed E-state index contributed by atoms with van der Waals surface area (Å²) in [7, 11) is 1.99. The number of aromatic hydroxyl groups is 2. The van der Waals surface area contributed by atoms with Crippen LogP contribution >= 0.6 is 0 Å². The van der Waals surface area contributed by atoms with Crippen molar-refractivity contribution in [3.8, 4) is 23.0 Å². The molecule has 9 rings (SSSR count). The van der Waals surface area contributed by atoms with Gasteiger partial charge in [-0.3, -0.25) is 19.4 Å². The maximum absolute atomic E-state index is 12.7. The van der Waals surface area contributed by atoms with Crippen molar-refractivity contribution in [3.63, 3.8) is 0 Å². The lowest BCUT2D eigenvalue weighted by molar-refractivity contribution is -0.187. The maximum atomic E-state index is 12.7. The fraction of sp³-hybridized carbons (Fsp3) is 0.538. The minimum absolute atomic E-state index is 0.0140. The zero-order valence-electron chi connectivity index (χ0n) is 28.3. The van der Waals surface area contributed by atoms with Gasteiger partial charge < -0.3 is 29.9 Å². The number of hydrogen-bond donors (Lipinski definition) is 4. The van der Waals surface area contributed by atoms with Crippen molar-refractivity contribution in [1.29, 1.82) is 0 Å². The molecule has 3 aliphatic heterocycles. The number of likely N-dealkylation sites (N-methyl/N-ethyl adjacent to an activating group) is 1. The van der Waals surface area contributed by atoms with Gasteiger partial charge in [-0.15, -0.1) is 13.2 Å². The minimum Gasteiger partial charge on any atom is -0.504 e. The maximum Gasteiger partial charge on any atom is 0.174 e. The van der Waals surface area contributed by atoms with Gasteiger partial charge in [0.15, 0.2) is 46.8 Å². The second-order valence-electron chi connectivity index (χ2n) is 15.2. The fourth-order valence-electron chi connectivity index (χ4n) is 11.4. The molecule has 2 saturated carbocycles. The van der Waals surface area contributed by atoms with Gasteiger partial charge in [0.2, 0.25) is 0 Å². The van der Waals surface area contributed by atoms with Crippen molar-refractivity contribution >= 4 is 11.6 Å². The monoisotopic (exact) mass is 670 g/mol. The number of hydrogen-bond acceptors (Lipinski definition) is 10. The minimum atomic E-state index is -1.08. The number of Topliss-reactive ketones (excluding diaryl/α,β-unsaturated/α-hetero) is 2. The highest BCUT2D eigenvalue weighted by molar-refractivity contribution is 5.90. The average Bonchev–Trinajstić information content (AvgIpc) is 3.64. The summed E-state index contributed by atoms with van der Waals surface area (Å²) in [5, 5.41) is 44.4.